The molecule has 1 aromatic heterocycles. The van der Waals surface area contributed by atoms with Gasteiger partial charge in [-0.3, -0.25) is 4.79 Å². The lowest BCUT2D eigenvalue weighted by atomic mass is 9.69. The number of halogens is 1. The van der Waals surface area contributed by atoms with Crippen LogP contribution in [0.5, 0.6) is 0 Å². The van der Waals surface area contributed by atoms with Gasteiger partial charge in [0.2, 0.25) is 11.9 Å². The summed E-state index contributed by atoms with van der Waals surface area (Å²) in [6.45, 7) is 1.22. The third-order valence-electron chi connectivity index (χ3n) is 4.93. The van der Waals surface area contributed by atoms with Gasteiger partial charge in [0, 0.05) is 31.7 Å². The molecule has 1 aliphatic carbocycles. The van der Waals surface area contributed by atoms with E-state index in [-0.39, 0.29) is 17.5 Å². The molecule has 1 saturated heterocycles. The minimum atomic E-state index is -0.420. The number of carbonyl (C=O) groups is 1. The number of hydrogen-bond donors (Lipinski definition) is 1. The summed E-state index contributed by atoms with van der Waals surface area (Å²) in [7, 11) is 1.60. The van der Waals surface area contributed by atoms with E-state index in [4.69, 9.17) is 4.74 Å². The van der Waals surface area contributed by atoms with Crippen LogP contribution in [-0.2, 0) is 9.53 Å². The second-order valence-corrected chi connectivity index (χ2v) is 6.43. The number of carbonyl (C=O) groups excluding carboxylic acids is 1. The molecule has 23 heavy (non-hydrogen) atoms. The summed E-state index contributed by atoms with van der Waals surface area (Å²) in [4.78, 5) is 22.4. The zero-order chi connectivity index (χ0) is 16.3. The molecule has 2 heterocycles. The quantitative estimate of drug-likeness (QED) is 0.893. The van der Waals surface area contributed by atoms with E-state index in [9.17, 15) is 9.18 Å². The number of anilines is 1. The number of nitrogens with zero attached hydrogens (tertiary/aromatic N) is 3. The molecule has 1 saturated carbocycles. The molecule has 0 bridgehead atoms. The van der Waals surface area contributed by atoms with Gasteiger partial charge in [-0.15, -0.1) is 0 Å². The minimum Gasteiger partial charge on any atom is -0.384 e. The summed E-state index contributed by atoms with van der Waals surface area (Å²) in [6, 6.07) is 0.177. The molecule has 1 amide bonds. The molecular formula is C16H23FN4O2. The van der Waals surface area contributed by atoms with Crippen molar-refractivity contribution in [2.24, 2.45) is 0 Å². The fourth-order valence-electron chi connectivity index (χ4n) is 3.63. The Labute approximate surface area is 135 Å². The third-order valence-corrected chi connectivity index (χ3v) is 4.93. The molecule has 3 rings (SSSR count). The zero-order valence-electron chi connectivity index (χ0n) is 13.4. The fraction of sp³-hybridized carbons (Fsp3) is 0.688. The van der Waals surface area contributed by atoms with Gasteiger partial charge in [-0.05, 0) is 32.1 Å². The van der Waals surface area contributed by atoms with E-state index in [1.807, 2.05) is 0 Å². The standard InChI is InChI=1S/C16H23FN4O2/c1-23-8-4-14(22)20-13-3-7-21(16(9-13)5-2-6-16)15-18-10-12(17)11-19-15/h10-11,13H,2-9H2,1H3,(H,20,22). The van der Waals surface area contributed by atoms with E-state index in [0.717, 1.165) is 32.2 Å². The lowest BCUT2D eigenvalue weighted by Gasteiger charge is -2.55. The molecule has 6 nitrogen and oxygen atoms in total. The monoisotopic (exact) mass is 322 g/mol. The normalized spacial score (nSPS) is 22.7. The second-order valence-electron chi connectivity index (χ2n) is 6.43. The molecule has 126 valence electrons. The van der Waals surface area contributed by atoms with Crippen LogP contribution < -0.4 is 10.2 Å². The van der Waals surface area contributed by atoms with E-state index >= 15 is 0 Å². The Morgan fingerprint density at radius 1 is 1.48 bits per heavy atom. The number of nitrogens with one attached hydrogen (secondary N) is 1. The summed E-state index contributed by atoms with van der Waals surface area (Å²) in [5.74, 6) is 0.213. The largest absolute Gasteiger partial charge is 0.384 e. The van der Waals surface area contributed by atoms with Crippen molar-refractivity contribution in [3.63, 3.8) is 0 Å². The maximum atomic E-state index is 13.0. The van der Waals surface area contributed by atoms with Gasteiger partial charge in [0.15, 0.2) is 5.82 Å². The molecule has 1 spiro atoms. The van der Waals surface area contributed by atoms with Gasteiger partial charge in [-0.1, -0.05) is 0 Å². The molecule has 1 N–H and O–H groups in total. The molecule has 7 heteroatoms. The Morgan fingerprint density at radius 3 is 2.83 bits per heavy atom. The molecular weight excluding hydrogens is 299 g/mol. The lowest BCUT2D eigenvalue weighted by Crippen LogP contribution is -2.62. The molecule has 0 radical (unpaired) electrons. The van der Waals surface area contributed by atoms with Crippen molar-refractivity contribution < 1.29 is 13.9 Å². The Hall–Kier alpha value is -1.76. The minimum absolute atomic E-state index is 0.00921. The maximum absolute atomic E-state index is 13.0. The van der Waals surface area contributed by atoms with Gasteiger partial charge in [-0.2, -0.15) is 0 Å². The summed E-state index contributed by atoms with van der Waals surface area (Å²) in [6.07, 6.45) is 7.87. The molecule has 1 atom stereocenters. The molecule has 2 aliphatic rings. The van der Waals surface area contributed by atoms with Crippen LogP contribution in [0.2, 0.25) is 0 Å². The Kier molecular flexibility index (Phi) is 4.75. The first-order chi connectivity index (χ1) is 11.1. The van der Waals surface area contributed by atoms with E-state index in [2.05, 4.69) is 20.2 Å². The van der Waals surface area contributed by atoms with E-state index in [1.54, 1.807) is 7.11 Å². The van der Waals surface area contributed by atoms with Crippen LogP contribution in [0.4, 0.5) is 10.3 Å². The predicted octanol–water partition coefficient (Wildman–Crippen LogP) is 1.66. The highest BCUT2D eigenvalue weighted by atomic mass is 19.1. The average Bonchev–Trinajstić information content (AvgIpc) is 2.52. The molecule has 1 unspecified atom stereocenters. The topological polar surface area (TPSA) is 67.3 Å². The second kappa shape index (κ2) is 6.78. The van der Waals surface area contributed by atoms with Crippen LogP contribution in [0.25, 0.3) is 0 Å². The number of amides is 1. The highest BCUT2D eigenvalue weighted by molar-refractivity contribution is 5.76. The summed E-state index contributed by atoms with van der Waals surface area (Å²) in [5.41, 5.74) is 0.00921. The van der Waals surface area contributed by atoms with Gasteiger partial charge in [0.05, 0.1) is 19.0 Å². The Bertz CT molecular complexity index is 548. The first-order valence-corrected chi connectivity index (χ1v) is 8.16. The first kappa shape index (κ1) is 16.1. The van der Waals surface area contributed by atoms with Gasteiger partial charge in [0.1, 0.15) is 0 Å². The van der Waals surface area contributed by atoms with Crippen LogP contribution in [-0.4, -0.2) is 47.7 Å². The highest BCUT2D eigenvalue weighted by Crippen LogP contribution is 2.45. The summed E-state index contributed by atoms with van der Waals surface area (Å²) < 4.78 is 18.0. The van der Waals surface area contributed by atoms with Gasteiger partial charge >= 0.3 is 0 Å². The average molecular weight is 322 g/mol. The Morgan fingerprint density at radius 2 is 2.22 bits per heavy atom. The van der Waals surface area contributed by atoms with E-state index in [0.29, 0.717) is 19.0 Å². The van der Waals surface area contributed by atoms with Crippen LogP contribution >= 0.6 is 0 Å². The number of aromatic nitrogens is 2. The van der Waals surface area contributed by atoms with Crippen LogP contribution in [0.15, 0.2) is 12.4 Å². The van der Waals surface area contributed by atoms with Crippen molar-refractivity contribution in [2.75, 3.05) is 25.2 Å². The summed E-state index contributed by atoms with van der Waals surface area (Å²) in [5, 5.41) is 3.11. The highest BCUT2D eigenvalue weighted by Gasteiger charge is 2.47. The van der Waals surface area contributed by atoms with Crippen molar-refractivity contribution in [2.45, 2.75) is 50.1 Å². The molecule has 2 fully saturated rings. The van der Waals surface area contributed by atoms with Crippen LogP contribution in [0, 0.1) is 5.82 Å². The van der Waals surface area contributed by atoms with Crippen molar-refractivity contribution in [1.82, 2.24) is 15.3 Å². The lowest BCUT2D eigenvalue weighted by molar-refractivity contribution is -0.123. The van der Waals surface area contributed by atoms with E-state index < -0.39 is 5.82 Å². The van der Waals surface area contributed by atoms with Gasteiger partial charge in [0.25, 0.3) is 0 Å². The van der Waals surface area contributed by atoms with Crippen molar-refractivity contribution in [1.29, 1.82) is 0 Å². The van der Waals surface area contributed by atoms with Crippen molar-refractivity contribution in [3.05, 3.63) is 18.2 Å². The first-order valence-electron chi connectivity index (χ1n) is 8.16. The van der Waals surface area contributed by atoms with Crippen molar-refractivity contribution in [3.8, 4) is 0 Å². The number of ether oxygens (including phenoxy) is 1. The van der Waals surface area contributed by atoms with Gasteiger partial charge in [-0.25, -0.2) is 14.4 Å². The molecule has 0 aromatic carbocycles. The van der Waals surface area contributed by atoms with Crippen molar-refractivity contribution >= 4 is 11.9 Å². The maximum Gasteiger partial charge on any atom is 0.225 e. The predicted molar refractivity (Wildman–Crippen MR) is 83.6 cm³/mol. The Balaban J connectivity index is 1.65. The van der Waals surface area contributed by atoms with Crippen LogP contribution in [0.3, 0.4) is 0 Å². The van der Waals surface area contributed by atoms with E-state index in [1.165, 1.54) is 18.8 Å². The number of hydrogen-bond acceptors (Lipinski definition) is 5. The number of piperidine rings is 1. The SMILES string of the molecule is COCCC(=O)NC1CCN(c2ncc(F)cn2)C2(CCC2)C1. The zero-order valence-corrected chi connectivity index (χ0v) is 13.4. The van der Waals surface area contributed by atoms with Gasteiger partial charge < -0.3 is 15.0 Å². The molecule has 1 aliphatic heterocycles. The van der Waals surface area contributed by atoms with Crippen LogP contribution in [0.1, 0.15) is 38.5 Å². The smallest absolute Gasteiger partial charge is 0.225 e. The number of rotatable bonds is 5. The summed E-state index contributed by atoms with van der Waals surface area (Å²) >= 11 is 0. The number of methoxy groups -OCH3 is 1. The fourth-order valence-corrected chi connectivity index (χ4v) is 3.63. The molecule has 1 aromatic rings. The third kappa shape index (κ3) is 3.44.